The molecule has 0 aromatic rings. The van der Waals surface area contributed by atoms with E-state index >= 15 is 0 Å². The van der Waals surface area contributed by atoms with Crippen LogP contribution in [0.5, 0.6) is 0 Å². The van der Waals surface area contributed by atoms with E-state index in [1.165, 1.54) is 0 Å². The van der Waals surface area contributed by atoms with E-state index in [0.717, 1.165) is 19.3 Å². The van der Waals surface area contributed by atoms with Crippen molar-refractivity contribution in [1.29, 1.82) is 0 Å². The van der Waals surface area contributed by atoms with Crippen LogP contribution in [0.15, 0.2) is 0 Å². The lowest BCUT2D eigenvalue weighted by molar-refractivity contribution is -0.0663. The van der Waals surface area contributed by atoms with Gasteiger partial charge in [0.05, 0.1) is 28.0 Å². The fraction of sp³-hybridized carbons (Fsp3) is 1.00. The van der Waals surface area contributed by atoms with Crippen molar-refractivity contribution in [3.05, 3.63) is 0 Å². The van der Waals surface area contributed by atoms with Crippen LogP contribution in [0, 0.1) is 0 Å². The van der Waals surface area contributed by atoms with Crippen molar-refractivity contribution in [2.24, 2.45) is 0 Å². The third kappa shape index (κ3) is 15.0. The van der Waals surface area contributed by atoms with Crippen LogP contribution in [0.2, 0.25) is 0 Å². The van der Waals surface area contributed by atoms with E-state index < -0.39 is 38.8 Å². The lowest BCUT2D eigenvalue weighted by Crippen LogP contribution is -2.58. The number of aliphatic hydroxyl groups is 1. The highest BCUT2D eigenvalue weighted by atomic mass is 16.9. The molecular weight excluding hydrogens is 489 g/mol. The molecule has 1 aliphatic heterocycles. The number of aliphatic hydroxyl groups excluding tert-OH is 1. The monoisotopic (exact) mass is 544 g/mol. The van der Waals surface area contributed by atoms with Gasteiger partial charge in [0.15, 0.2) is 0 Å². The standard InChI is InChI=1S/C26H55B3O9/c1-13-15-23(5,6)32-21-18-26(11,12)35-29-37-27(33-24(7,8)16-19-30)36-28(38-29)34-25(9,10)17-20-31-22(3,4)14-2/h30H,13-21H2,1-12H3. The average Bonchev–Trinajstić information content (AvgIpc) is 2.71. The fourth-order valence-corrected chi connectivity index (χ4v) is 3.69. The molecule has 0 unspecified atom stereocenters. The van der Waals surface area contributed by atoms with E-state index in [2.05, 4.69) is 41.5 Å². The lowest BCUT2D eigenvalue weighted by Gasteiger charge is -2.38. The van der Waals surface area contributed by atoms with Gasteiger partial charge in [-0.3, -0.25) is 0 Å². The van der Waals surface area contributed by atoms with Gasteiger partial charge in [-0.1, -0.05) is 20.3 Å². The zero-order valence-electron chi connectivity index (χ0n) is 26.3. The van der Waals surface area contributed by atoms with Crippen molar-refractivity contribution in [2.75, 3.05) is 19.8 Å². The first-order chi connectivity index (χ1) is 17.3. The summed E-state index contributed by atoms with van der Waals surface area (Å²) in [7, 11) is -3.29. The van der Waals surface area contributed by atoms with Crippen molar-refractivity contribution < 1.29 is 42.3 Å². The van der Waals surface area contributed by atoms with Crippen LogP contribution in [0.3, 0.4) is 0 Å². The molecule has 1 N–H and O–H groups in total. The van der Waals surface area contributed by atoms with E-state index in [4.69, 9.17) is 37.2 Å². The Hall–Kier alpha value is -0.165. The minimum absolute atomic E-state index is 0.0291. The molecule has 0 atom stereocenters. The van der Waals surface area contributed by atoms with E-state index in [9.17, 15) is 5.11 Å². The number of ether oxygens (including phenoxy) is 2. The van der Waals surface area contributed by atoms with Gasteiger partial charge in [-0.05, 0) is 101 Å². The lowest BCUT2D eigenvalue weighted by atomic mass is 9.91. The van der Waals surface area contributed by atoms with Gasteiger partial charge in [-0.25, -0.2) is 0 Å². The molecule has 0 radical (unpaired) electrons. The van der Waals surface area contributed by atoms with E-state index in [0.29, 0.717) is 32.5 Å². The van der Waals surface area contributed by atoms with E-state index in [-0.39, 0.29) is 17.8 Å². The van der Waals surface area contributed by atoms with Gasteiger partial charge in [-0.2, -0.15) is 0 Å². The minimum Gasteiger partial charge on any atom is -0.400 e. The topological polar surface area (TPSA) is 94.1 Å². The first kappa shape index (κ1) is 35.9. The molecular formula is C26H55B3O9. The summed E-state index contributed by atoms with van der Waals surface area (Å²) in [5.41, 5.74) is -2.31. The third-order valence-electron chi connectivity index (χ3n) is 6.72. The third-order valence-corrected chi connectivity index (χ3v) is 6.72. The molecule has 0 amide bonds. The Bertz CT molecular complexity index is 674. The second kappa shape index (κ2) is 15.2. The van der Waals surface area contributed by atoms with Crippen LogP contribution in [0.25, 0.3) is 0 Å². The van der Waals surface area contributed by atoms with Gasteiger partial charge in [0, 0.05) is 19.8 Å². The Kier molecular flexibility index (Phi) is 14.3. The summed E-state index contributed by atoms with van der Waals surface area (Å²) >= 11 is 0. The summed E-state index contributed by atoms with van der Waals surface area (Å²) in [5.74, 6) is 0. The van der Waals surface area contributed by atoms with Gasteiger partial charge >= 0.3 is 22.0 Å². The molecule has 1 aliphatic rings. The molecule has 0 aromatic heterocycles. The van der Waals surface area contributed by atoms with Crippen molar-refractivity contribution in [3.63, 3.8) is 0 Å². The molecule has 0 aromatic carbocycles. The zero-order chi connectivity index (χ0) is 29.3. The summed E-state index contributed by atoms with van der Waals surface area (Å²) in [6, 6.07) is 0. The largest absolute Gasteiger partial charge is 0.615 e. The summed E-state index contributed by atoms with van der Waals surface area (Å²) in [4.78, 5) is 0. The second-order valence-corrected chi connectivity index (χ2v) is 13.2. The predicted molar refractivity (Wildman–Crippen MR) is 152 cm³/mol. The maximum Gasteiger partial charge on any atom is 0.615 e. The minimum atomic E-state index is -1.11. The van der Waals surface area contributed by atoms with Crippen molar-refractivity contribution in [2.45, 2.75) is 150 Å². The first-order valence-electron chi connectivity index (χ1n) is 14.2. The van der Waals surface area contributed by atoms with Gasteiger partial charge in [0.1, 0.15) is 0 Å². The summed E-state index contributed by atoms with van der Waals surface area (Å²) < 4.78 is 48.1. The van der Waals surface area contributed by atoms with Crippen LogP contribution in [0.1, 0.15) is 122 Å². The van der Waals surface area contributed by atoms with Crippen LogP contribution >= 0.6 is 0 Å². The highest BCUT2D eigenvalue weighted by Gasteiger charge is 2.51. The molecule has 38 heavy (non-hydrogen) atoms. The maximum atomic E-state index is 9.41. The maximum absolute atomic E-state index is 9.41. The van der Waals surface area contributed by atoms with Gasteiger partial charge in [-0.15, -0.1) is 0 Å². The Morgan fingerprint density at radius 3 is 1.24 bits per heavy atom. The number of rotatable bonds is 19. The Morgan fingerprint density at radius 1 is 0.526 bits per heavy atom. The molecule has 0 saturated carbocycles. The van der Waals surface area contributed by atoms with Crippen LogP contribution in [-0.4, -0.2) is 74.9 Å². The van der Waals surface area contributed by atoms with E-state index in [1.807, 2.05) is 41.5 Å². The van der Waals surface area contributed by atoms with E-state index in [1.54, 1.807) is 0 Å². The molecule has 1 fully saturated rings. The molecule has 12 heteroatoms. The second-order valence-electron chi connectivity index (χ2n) is 13.2. The summed E-state index contributed by atoms with van der Waals surface area (Å²) in [5, 5.41) is 9.41. The predicted octanol–water partition coefficient (Wildman–Crippen LogP) is 5.35. The summed E-state index contributed by atoms with van der Waals surface area (Å²) in [6.07, 6.45) is 4.63. The van der Waals surface area contributed by atoms with Crippen molar-refractivity contribution in [1.82, 2.24) is 0 Å². The van der Waals surface area contributed by atoms with Crippen molar-refractivity contribution in [3.8, 4) is 0 Å². The molecule has 0 spiro atoms. The Labute approximate surface area is 233 Å². The highest BCUT2D eigenvalue weighted by molar-refractivity contribution is 6.67. The van der Waals surface area contributed by atoms with Crippen LogP contribution < -0.4 is 0 Å². The first-order valence-corrected chi connectivity index (χ1v) is 14.2. The quantitative estimate of drug-likeness (QED) is 0.216. The molecule has 9 nitrogen and oxygen atoms in total. The Balaban J connectivity index is 2.85. The van der Waals surface area contributed by atoms with Crippen LogP contribution in [-0.2, 0) is 37.2 Å². The van der Waals surface area contributed by atoms with Gasteiger partial charge in [0.25, 0.3) is 0 Å². The number of hydrogen-bond donors (Lipinski definition) is 1. The SMILES string of the molecule is CCCC(C)(C)OCCC(C)(C)OB1OB(OC(C)(C)CCO)OB(OC(C)(C)CCOC(C)(C)CC)O1. The molecule has 0 aliphatic carbocycles. The Morgan fingerprint density at radius 2 is 0.895 bits per heavy atom. The van der Waals surface area contributed by atoms with Crippen molar-refractivity contribution >= 4 is 22.0 Å². The number of hydrogen-bond acceptors (Lipinski definition) is 9. The average molecular weight is 544 g/mol. The molecule has 1 heterocycles. The molecule has 222 valence electrons. The van der Waals surface area contributed by atoms with Gasteiger partial charge in [0.2, 0.25) is 0 Å². The smallest absolute Gasteiger partial charge is 0.400 e. The molecule has 1 rings (SSSR count). The van der Waals surface area contributed by atoms with Crippen LogP contribution in [0.4, 0.5) is 0 Å². The van der Waals surface area contributed by atoms with Gasteiger partial charge < -0.3 is 42.3 Å². The molecule has 0 bridgehead atoms. The highest BCUT2D eigenvalue weighted by Crippen LogP contribution is 2.27. The summed E-state index contributed by atoms with van der Waals surface area (Å²) in [6.45, 7) is 25.2. The zero-order valence-corrected chi connectivity index (χ0v) is 26.3. The normalized spacial score (nSPS) is 16.5. The fourth-order valence-electron chi connectivity index (χ4n) is 3.69. The molecule has 1 saturated heterocycles.